The van der Waals surface area contributed by atoms with Crippen LogP contribution in [0.25, 0.3) is 22.1 Å². The van der Waals surface area contributed by atoms with Gasteiger partial charge in [-0.1, -0.05) is 42.5 Å². The highest BCUT2D eigenvalue weighted by molar-refractivity contribution is 7.91. The molecule has 1 unspecified atom stereocenters. The molecular formula is C26H22F3N3O4S. The van der Waals surface area contributed by atoms with Crippen molar-refractivity contribution >= 4 is 26.7 Å². The fourth-order valence-corrected chi connectivity index (χ4v) is 5.81. The quantitative estimate of drug-likeness (QED) is 0.370. The lowest BCUT2D eigenvalue weighted by Crippen LogP contribution is -2.44. The molecule has 0 saturated carbocycles. The highest BCUT2D eigenvalue weighted by atomic mass is 32.2. The van der Waals surface area contributed by atoms with Gasteiger partial charge < -0.3 is 15.1 Å². The second-order valence-electron chi connectivity index (χ2n) is 8.74. The summed E-state index contributed by atoms with van der Waals surface area (Å²) in [6.45, 7) is 0.648. The van der Waals surface area contributed by atoms with E-state index in [2.05, 4.69) is 15.6 Å². The van der Waals surface area contributed by atoms with Crippen LogP contribution in [-0.4, -0.2) is 31.9 Å². The zero-order chi connectivity index (χ0) is 26.2. The van der Waals surface area contributed by atoms with Gasteiger partial charge >= 0.3 is 6.18 Å². The summed E-state index contributed by atoms with van der Waals surface area (Å²) in [7, 11) is -4.26. The summed E-state index contributed by atoms with van der Waals surface area (Å²) in [5, 5.41) is 4.49. The van der Waals surface area contributed by atoms with E-state index >= 15 is 0 Å². The Morgan fingerprint density at radius 3 is 2.54 bits per heavy atom. The number of fused-ring (bicyclic) bond motifs is 1. The third-order valence-corrected chi connectivity index (χ3v) is 7.99. The topological polar surface area (TPSA) is 101 Å². The van der Waals surface area contributed by atoms with E-state index in [0.717, 1.165) is 18.7 Å². The number of carbonyl (C=O) groups excluding carboxylic acids is 1. The molecule has 37 heavy (non-hydrogen) atoms. The highest BCUT2D eigenvalue weighted by Gasteiger charge is 2.36. The molecule has 7 nitrogen and oxygen atoms in total. The van der Waals surface area contributed by atoms with Gasteiger partial charge in [0.2, 0.25) is 20.8 Å². The minimum atomic E-state index is -4.58. The SMILES string of the molecule is O=C(N[C@H](c1cccc(-c2ccc(C(F)(F)F)nc2)c1)S(=O)(=O)c1cc2ccccc2o1)C1CCCN1. The van der Waals surface area contributed by atoms with Crippen molar-refractivity contribution in [3.8, 4) is 11.1 Å². The summed E-state index contributed by atoms with van der Waals surface area (Å²) in [6.07, 6.45) is -2.15. The molecule has 11 heteroatoms. The van der Waals surface area contributed by atoms with Crippen LogP contribution in [0.1, 0.15) is 29.5 Å². The number of benzene rings is 2. The van der Waals surface area contributed by atoms with Gasteiger partial charge in [-0.25, -0.2) is 8.42 Å². The summed E-state index contributed by atoms with van der Waals surface area (Å²) in [5.74, 6) is -0.469. The Bertz CT molecular complexity index is 1510. The van der Waals surface area contributed by atoms with Gasteiger partial charge in [-0.3, -0.25) is 9.78 Å². The second-order valence-corrected chi connectivity index (χ2v) is 10.7. The van der Waals surface area contributed by atoms with Crippen molar-refractivity contribution < 1.29 is 30.8 Å². The number of halogens is 3. The monoisotopic (exact) mass is 529 g/mol. The van der Waals surface area contributed by atoms with Crippen LogP contribution < -0.4 is 10.6 Å². The van der Waals surface area contributed by atoms with E-state index in [1.807, 2.05) is 0 Å². The van der Waals surface area contributed by atoms with Gasteiger partial charge in [0.1, 0.15) is 11.3 Å². The number of rotatable bonds is 6. The van der Waals surface area contributed by atoms with Crippen molar-refractivity contribution in [2.24, 2.45) is 0 Å². The number of pyridine rings is 1. The average molecular weight is 530 g/mol. The third kappa shape index (κ3) is 5.09. The Morgan fingerprint density at radius 2 is 1.86 bits per heavy atom. The van der Waals surface area contributed by atoms with Crippen molar-refractivity contribution in [2.45, 2.75) is 35.5 Å². The first kappa shape index (κ1) is 25.0. The number of nitrogens with one attached hydrogen (secondary N) is 2. The Hall–Kier alpha value is -3.70. The molecule has 3 heterocycles. The van der Waals surface area contributed by atoms with E-state index in [1.165, 1.54) is 24.3 Å². The number of sulfone groups is 1. The highest BCUT2D eigenvalue weighted by Crippen LogP contribution is 2.34. The number of alkyl halides is 3. The third-order valence-electron chi connectivity index (χ3n) is 6.22. The predicted octanol–water partition coefficient (Wildman–Crippen LogP) is 4.85. The average Bonchev–Trinajstić information content (AvgIpc) is 3.57. The fraction of sp³-hybridized carbons (Fsp3) is 0.231. The van der Waals surface area contributed by atoms with Crippen molar-refractivity contribution in [1.82, 2.24) is 15.6 Å². The number of nitrogens with zero attached hydrogens (tertiary/aromatic N) is 1. The van der Waals surface area contributed by atoms with Gasteiger partial charge in [0.25, 0.3) is 0 Å². The van der Waals surface area contributed by atoms with Gasteiger partial charge in [0, 0.05) is 23.2 Å². The van der Waals surface area contributed by atoms with Gasteiger partial charge in [-0.05, 0) is 48.7 Å². The van der Waals surface area contributed by atoms with Crippen LogP contribution >= 0.6 is 0 Å². The molecule has 0 bridgehead atoms. The van der Waals surface area contributed by atoms with Crippen LogP contribution in [0.3, 0.4) is 0 Å². The minimum Gasteiger partial charge on any atom is -0.445 e. The number of para-hydroxylation sites is 1. The summed E-state index contributed by atoms with van der Waals surface area (Å²) in [5.41, 5.74) is 0.377. The van der Waals surface area contributed by atoms with Gasteiger partial charge in [-0.2, -0.15) is 13.2 Å². The maximum absolute atomic E-state index is 13.8. The number of hydrogen-bond acceptors (Lipinski definition) is 6. The van der Waals surface area contributed by atoms with Crippen molar-refractivity contribution in [3.63, 3.8) is 0 Å². The number of hydrogen-bond donors (Lipinski definition) is 2. The number of furan rings is 1. The molecule has 5 rings (SSSR count). The summed E-state index contributed by atoms with van der Waals surface area (Å²) < 4.78 is 72.0. The lowest BCUT2D eigenvalue weighted by Gasteiger charge is -2.21. The van der Waals surface area contributed by atoms with E-state index in [-0.39, 0.29) is 10.7 Å². The number of carbonyl (C=O) groups is 1. The predicted molar refractivity (Wildman–Crippen MR) is 130 cm³/mol. The lowest BCUT2D eigenvalue weighted by molar-refractivity contribution is -0.141. The Kier molecular flexibility index (Phi) is 6.50. The first-order chi connectivity index (χ1) is 17.6. The Labute approximate surface area is 210 Å². The maximum Gasteiger partial charge on any atom is 0.433 e. The van der Waals surface area contributed by atoms with Crippen LogP contribution in [-0.2, 0) is 20.8 Å². The Morgan fingerprint density at radius 1 is 1.05 bits per heavy atom. The maximum atomic E-state index is 13.8. The Balaban J connectivity index is 1.55. The van der Waals surface area contributed by atoms with Gasteiger partial charge in [-0.15, -0.1) is 0 Å². The first-order valence-electron chi connectivity index (χ1n) is 11.5. The van der Waals surface area contributed by atoms with Gasteiger partial charge in [0.05, 0.1) is 6.04 Å². The second kappa shape index (κ2) is 9.64. The fourth-order valence-electron chi connectivity index (χ4n) is 4.31. The van der Waals surface area contributed by atoms with Crippen molar-refractivity contribution in [3.05, 3.63) is 84.2 Å². The molecule has 2 atom stereocenters. The minimum absolute atomic E-state index is 0.226. The summed E-state index contributed by atoms with van der Waals surface area (Å²) >= 11 is 0. The molecule has 1 aliphatic heterocycles. The van der Waals surface area contributed by atoms with Crippen LogP contribution in [0.15, 0.2) is 82.4 Å². The molecule has 4 aromatic rings. The van der Waals surface area contributed by atoms with E-state index in [0.29, 0.717) is 35.1 Å². The zero-order valence-electron chi connectivity index (χ0n) is 19.3. The normalized spacial score (nSPS) is 17.1. The van der Waals surface area contributed by atoms with E-state index < -0.39 is 39.0 Å². The molecule has 2 aromatic heterocycles. The number of aromatic nitrogens is 1. The van der Waals surface area contributed by atoms with Crippen LogP contribution in [0.4, 0.5) is 13.2 Å². The molecule has 2 N–H and O–H groups in total. The smallest absolute Gasteiger partial charge is 0.433 e. The van der Waals surface area contributed by atoms with Crippen molar-refractivity contribution in [2.75, 3.05) is 6.54 Å². The van der Waals surface area contributed by atoms with E-state index in [9.17, 15) is 26.4 Å². The van der Waals surface area contributed by atoms with E-state index in [1.54, 1.807) is 36.4 Å². The molecule has 0 spiro atoms. The summed E-state index contributed by atoms with van der Waals surface area (Å²) in [6, 6.07) is 16.1. The van der Waals surface area contributed by atoms with Crippen LogP contribution in [0.2, 0.25) is 0 Å². The molecule has 1 saturated heterocycles. The molecule has 1 aliphatic rings. The molecule has 0 aliphatic carbocycles. The first-order valence-corrected chi connectivity index (χ1v) is 13.1. The summed E-state index contributed by atoms with van der Waals surface area (Å²) in [4.78, 5) is 16.5. The molecule has 0 radical (unpaired) electrons. The molecule has 2 aromatic carbocycles. The molecule has 1 fully saturated rings. The van der Waals surface area contributed by atoms with Gasteiger partial charge in [0.15, 0.2) is 5.37 Å². The van der Waals surface area contributed by atoms with Crippen LogP contribution in [0.5, 0.6) is 0 Å². The zero-order valence-corrected chi connectivity index (χ0v) is 20.1. The molecule has 1 amide bonds. The molecular weight excluding hydrogens is 507 g/mol. The number of amides is 1. The standard InChI is InChI=1S/C26H22F3N3O4S/c27-26(28,29)22-11-10-19(15-31-22)16-6-3-7-18(13-16)25(32-24(33)20-8-4-12-30-20)37(34,35)23-14-17-5-1-2-9-21(17)36-23/h1-3,5-7,9-11,13-15,20,25,30H,4,8,12H2,(H,32,33)/t20?,25-/m0/s1. The largest absolute Gasteiger partial charge is 0.445 e. The lowest BCUT2D eigenvalue weighted by atomic mass is 10.0. The van der Waals surface area contributed by atoms with Crippen molar-refractivity contribution in [1.29, 1.82) is 0 Å². The van der Waals surface area contributed by atoms with Crippen LogP contribution in [0, 0.1) is 0 Å². The van der Waals surface area contributed by atoms with E-state index in [4.69, 9.17) is 4.42 Å². The molecule has 192 valence electrons.